The zero-order valence-electron chi connectivity index (χ0n) is 5.56. The lowest BCUT2D eigenvalue weighted by Crippen LogP contribution is -2.02. The minimum Gasteiger partial charge on any atom is -0.107 e. The minimum atomic E-state index is -0.664. The zero-order chi connectivity index (χ0) is 6.41. The average Bonchev–Trinajstić information content (AvgIpc) is 1.83. The first-order chi connectivity index (χ1) is 3.85. The number of hydrogen-bond acceptors (Lipinski definition) is 0. The molecule has 0 aromatic carbocycles. The molecule has 0 spiro atoms. The molecule has 0 radical (unpaired) electrons. The quantitative estimate of drug-likeness (QED) is 0.506. The fourth-order valence-corrected chi connectivity index (χ4v) is 2.00. The molecule has 0 atom stereocenters. The average molecular weight is 126 g/mol. The first-order valence-corrected chi connectivity index (χ1v) is 5.25. The van der Waals surface area contributed by atoms with Crippen molar-refractivity contribution in [1.29, 1.82) is 0 Å². The Kier molecular flexibility index (Phi) is 4.66. The molecule has 0 nitrogen and oxygen atoms in total. The number of rotatable bonds is 4. The van der Waals surface area contributed by atoms with E-state index in [-0.39, 0.29) is 0 Å². The molecule has 0 heterocycles. The van der Waals surface area contributed by atoms with Crippen LogP contribution in [0.25, 0.3) is 0 Å². The van der Waals surface area contributed by atoms with Crippen LogP contribution >= 0.6 is 0 Å². The molecule has 0 saturated carbocycles. The van der Waals surface area contributed by atoms with Crippen LogP contribution in [-0.4, -0.2) is 8.80 Å². The summed E-state index contributed by atoms with van der Waals surface area (Å²) in [7, 11) is -0.664. The minimum absolute atomic E-state index is 0.664. The summed E-state index contributed by atoms with van der Waals surface area (Å²) in [5, 5.41) is 0. The highest BCUT2D eigenvalue weighted by molar-refractivity contribution is 6.69. The lowest BCUT2D eigenvalue weighted by Gasteiger charge is -1.98. The van der Waals surface area contributed by atoms with E-state index in [0.717, 1.165) is 0 Å². The molecular weight excluding hydrogens is 112 g/mol. The van der Waals surface area contributed by atoms with Gasteiger partial charge in [0.15, 0.2) is 0 Å². The van der Waals surface area contributed by atoms with Gasteiger partial charge in [0, 0.05) is 0 Å². The van der Waals surface area contributed by atoms with Crippen LogP contribution in [0.15, 0.2) is 24.6 Å². The Morgan fingerprint density at radius 3 is 2.00 bits per heavy atom. The predicted molar refractivity (Wildman–Crippen MR) is 42.6 cm³/mol. The third-order valence-electron chi connectivity index (χ3n) is 1.23. The molecule has 0 rings (SSSR count). The van der Waals surface area contributed by atoms with Gasteiger partial charge in [-0.3, -0.25) is 0 Å². The van der Waals surface area contributed by atoms with Crippen LogP contribution in [-0.2, 0) is 0 Å². The van der Waals surface area contributed by atoms with Gasteiger partial charge in [0.05, 0.1) is 8.80 Å². The molecule has 0 aliphatic heterocycles. The molecule has 1 heteroatoms. The van der Waals surface area contributed by atoms with Crippen LogP contribution in [0.4, 0.5) is 0 Å². The summed E-state index contributed by atoms with van der Waals surface area (Å²) < 4.78 is 0. The Hall–Kier alpha value is -0.303. The summed E-state index contributed by atoms with van der Waals surface area (Å²) in [6.07, 6.45) is 1.27. The molecule has 8 heavy (non-hydrogen) atoms. The van der Waals surface area contributed by atoms with Gasteiger partial charge in [0.25, 0.3) is 0 Å². The molecule has 0 fully saturated rings. The smallest absolute Gasteiger partial charge is 0.0837 e. The highest BCUT2D eigenvalue weighted by Gasteiger charge is 1.95. The second kappa shape index (κ2) is 4.85. The van der Waals surface area contributed by atoms with Crippen LogP contribution in [0.1, 0.15) is 13.3 Å². The standard InChI is InChI=1S/C7H14Si/c1-4-7-8(5-2)6-3/h5-6,8H,2-4,7H2,1H3. The Bertz CT molecular complexity index is 68.5. The van der Waals surface area contributed by atoms with Crippen molar-refractivity contribution >= 4 is 8.80 Å². The molecule has 0 aliphatic rings. The van der Waals surface area contributed by atoms with Crippen LogP contribution in [0.2, 0.25) is 6.04 Å². The van der Waals surface area contributed by atoms with Crippen LogP contribution < -0.4 is 0 Å². The van der Waals surface area contributed by atoms with Gasteiger partial charge in [0.2, 0.25) is 0 Å². The Morgan fingerprint density at radius 2 is 1.88 bits per heavy atom. The second-order valence-corrected chi connectivity index (χ2v) is 4.77. The monoisotopic (exact) mass is 126 g/mol. The zero-order valence-corrected chi connectivity index (χ0v) is 6.72. The van der Waals surface area contributed by atoms with E-state index in [1.54, 1.807) is 0 Å². The lowest BCUT2D eigenvalue weighted by atomic mass is 10.6. The first kappa shape index (κ1) is 7.70. The third-order valence-corrected chi connectivity index (χ3v) is 3.68. The normalized spacial score (nSPS) is 9.25. The maximum absolute atomic E-state index is 3.74. The molecule has 0 saturated heterocycles. The Labute approximate surface area is 53.5 Å². The van der Waals surface area contributed by atoms with Crippen molar-refractivity contribution in [2.75, 3.05) is 0 Å². The highest BCUT2D eigenvalue weighted by Crippen LogP contribution is 1.97. The maximum atomic E-state index is 3.74. The summed E-state index contributed by atoms with van der Waals surface area (Å²) in [5.41, 5.74) is 4.16. The van der Waals surface area contributed by atoms with Crippen molar-refractivity contribution in [3.05, 3.63) is 24.6 Å². The van der Waals surface area contributed by atoms with Gasteiger partial charge in [-0.05, 0) is 0 Å². The van der Waals surface area contributed by atoms with Crippen molar-refractivity contribution in [3.8, 4) is 0 Å². The van der Waals surface area contributed by atoms with Gasteiger partial charge in [-0.1, -0.05) is 19.4 Å². The summed E-state index contributed by atoms with van der Waals surface area (Å²) in [6, 6.07) is 1.33. The second-order valence-electron chi connectivity index (χ2n) is 1.92. The maximum Gasteiger partial charge on any atom is 0.0837 e. The van der Waals surface area contributed by atoms with Crippen molar-refractivity contribution in [2.45, 2.75) is 19.4 Å². The molecule has 0 N–H and O–H groups in total. The van der Waals surface area contributed by atoms with Gasteiger partial charge >= 0.3 is 0 Å². The molecule has 46 valence electrons. The summed E-state index contributed by atoms with van der Waals surface area (Å²) in [6.45, 7) is 9.68. The SMILES string of the molecule is C=C[SiH](C=C)CCC. The van der Waals surface area contributed by atoms with E-state index < -0.39 is 8.80 Å². The summed E-state index contributed by atoms with van der Waals surface area (Å²) in [4.78, 5) is 0. The van der Waals surface area contributed by atoms with E-state index in [9.17, 15) is 0 Å². The van der Waals surface area contributed by atoms with E-state index in [1.807, 2.05) is 0 Å². The highest BCUT2D eigenvalue weighted by atomic mass is 28.3. The molecule has 0 amide bonds. The lowest BCUT2D eigenvalue weighted by molar-refractivity contribution is 1.07. The van der Waals surface area contributed by atoms with Crippen LogP contribution in [0.5, 0.6) is 0 Å². The summed E-state index contributed by atoms with van der Waals surface area (Å²) in [5.74, 6) is 0. The summed E-state index contributed by atoms with van der Waals surface area (Å²) >= 11 is 0. The van der Waals surface area contributed by atoms with Crippen molar-refractivity contribution in [2.24, 2.45) is 0 Å². The van der Waals surface area contributed by atoms with Crippen molar-refractivity contribution in [3.63, 3.8) is 0 Å². The molecule has 0 aromatic rings. The van der Waals surface area contributed by atoms with E-state index in [0.29, 0.717) is 0 Å². The van der Waals surface area contributed by atoms with Crippen LogP contribution in [0, 0.1) is 0 Å². The van der Waals surface area contributed by atoms with E-state index in [2.05, 4.69) is 31.5 Å². The largest absolute Gasteiger partial charge is 0.107 e. The fourth-order valence-electron chi connectivity index (χ4n) is 0.665. The Morgan fingerprint density at radius 1 is 1.38 bits per heavy atom. The van der Waals surface area contributed by atoms with E-state index >= 15 is 0 Å². The molecule has 0 bridgehead atoms. The molecule has 0 unspecified atom stereocenters. The van der Waals surface area contributed by atoms with Gasteiger partial charge in [0.1, 0.15) is 0 Å². The third kappa shape index (κ3) is 2.80. The Balaban J connectivity index is 3.35. The van der Waals surface area contributed by atoms with Gasteiger partial charge in [-0.15, -0.1) is 24.6 Å². The molecule has 0 aromatic heterocycles. The van der Waals surface area contributed by atoms with Crippen LogP contribution in [0.3, 0.4) is 0 Å². The molecule has 0 aliphatic carbocycles. The number of hydrogen-bond donors (Lipinski definition) is 0. The van der Waals surface area contributed by atoms with Crippen molar-refractivity contribution < 1.29 is 0 Å². The van der Waals surface area contributed by atoms with Gasteiger partial charge in [-0.25, -0.2) is 0 Å². The van der Waals surface area contributed by atoms with E-state index in [1.165, 1.54) is 12.5 Å². The van der Waals surface area contributed by atoms with Crippen molar-refractivity contribution in [1.82, 2.24) is 0 Å². The fraction of sp³-hybridized carbons (Fsp3) is 0.429. The first-order valence-electron chi connectivity index (χ1n) is 3.10. The molecular formula is C7H14Si. The topological polar surface area (TPSA) is 0 Å². The van der Waals surface area contributed by atoms with E-state index in [4.69, 9.17) is 0 Å². The predicted octanol–water partition coefficient (Wildman–Crippen LogP) is 2.07. The van der Waals surface area contributed by atoms with Gasteiger partial charge in [-0.2, -0.15) is 0 Å². The van der Waals surface area contributed by atoms with Gasteiger partial charge < -0.3 is 0 Å².